The second kappa shape index (κ2) is 9.08. The number of rotatable bonds is 7. The third kappa shape index (κ3) is 4.68. The minimum absolute atomic E-state index is 0.144. The summed E-state index contributed by atoms with van der Waals surface area (Å²) in [5.74, 6) is 2.84. The van der Waals surface area contributed by atoms with Crippen molar-refractivity contribution in [3.05, 3.63) is 54.4 Å². The van der Waals surface area contributed by atoms with Crippen molar-refractivity contribution < 1.29 is 19.0 Å². The SMILES string of the molecule is CC(Oc1ccccc1)c1nnc(SCC(=O)Nc2ccc3c(c2)OCCO3)n1C. The van der Waals surface area contributed by atoms with Crippen molar-refractivity contribution in [3.8, 4) is 17.2 Å². The van der Waals surface area contributed by atoms with Gasteiger partial charge in [-0.3, -0.25) is 4.79 Å². The molecule has 1 aliphatic heterocycles. The lowest BCUT2D eigenvalue weighted by Crippen LogP contribution is -2.17. The first kappa shape index (κ1) is 20.1. The molecule has 9 heteroatoms. The van der Waals surface area contributed by atoms with Crippen molar-refractivity contribution in [1.82, 2.24) is 14.8 Å². The minimum atomic E-state index is -0.272. The molecule has 0 fully saturated rings. The molecule has 30 heavy (non-hydrogen) atoms. The number of aromatic nitrogens is 3. The van der Waals surface area contributed by atoms with Crippen molar-refractivity contribution in [2.75, 3.05) is 24.3 Å². The van der Waals surface area contributed by atoms with Crippen LogP contribution < -0.4 is 19.5 Å². The van der Waals surface area contributed by atoms with E-state index in [0.717, 1.165) is 5.75 Å². The molecule has 0 aliphatic carbocycles. The van der Waals surface area contributed by atoms with Gasteiger partial charge in [0.05, 0.1) is 5.75 Å². The Hall–Kier alpha value is -3.20. The lowest BCUT2D eigenvalue weighted by molar-refractivity contribution is -0.113. The molecule has 0 spiro atoms. The molecule has 156 valence electrons. The molecule has 1 aliphatic rings. The molecule has 0 saturated carbocycles. The normalized spacial score (nSPS) is 13.5. The minimum Gasteiger partial charge on any atom is -0.486 e. The molecule has 1 unspecified atom stereocenters. The Morgan fingerprint density at radius 2 is 1.93 bits per heavy atom. The Morgan fingerprint density at radius 1 is 1.17 bits per heavy atom. The van der Waals surface area contributed by atoms with Crippen LogP contribution in [-0.4, -0.2) is 39.6 Å². The topological polar surface area (TPSA) is 87.5 Å². The maximum Gasteiger partial charge on any atom is 0.234 e. The number of para-hydroxylation sites is 1. The maximum atomic E-state index is 12.4. The second-order valence-corrected chi connectivity index (χ2v) is 7.61. The Kier molecular flexibility index (Phi) is 6.08. The van der Waals surface area contributed by atoms with Crippen molar-refractivity contribution >= 4 is 23.4 Å². The summed E-state index contributed by atoms with van der Waals surface area (Å²) in [4.78, 5) is 12.4. The van der Waals surface area contributed by atoms with E-state index in [1.165, 1.54) is 11.8 Å². The summed E-state index contributed by atoms with van der Waals surface area (Å²) >= 11 is 1.31. The predicted molar refractivity (Wildman–Crippen MR) is 113 cm³/mol. The zero-order valence-electron chi connectivity index (χ0n) is 16.7. The number of nitrogens with one attached hydrogen (secondary N) is 1. The van der Waals surface area contributed by atoms with E-state index in [1.54, 1.807) is 18.2 Å². The van der Waals surface area contributed by atoms with Gasteiger partial charge >= 0.3 is 0 Å². The third-order valence-electron chi connectivity index (χ3n) is 4.45. The van der Waals surface area contributed by atoms with Crippen LogP contribution in [0.2, 0.25) is 0 Å². The number of thioether (sulfide) groups is 1. The average molecular weight is 426 g/mol. The van der Waals surface area contributed by atoms with Crippen LogP contribution >= 0.6 is 11.8 Å². The van der Waals surface area contributed by atoms with E-state index in [0.29, 0.717) is 41.4 Å². The molecule has 0 saturated heterocycles. The summed E-state index contributed by atoms with van der Waals surface area (Å²) in [5.41, 5.74) is 0.661. The van der Waals surface area contributed by atoms with Gasteiger partial charge in [-0.15, -0.1) is 10.2 Å². The van der Waals surface area contributed by atoms with Crippen molar-refractivity contribution in [3.63, 3.8) is 0 Å². The van der Waals surface area contributed by atoms with Crippen LogP contribution in [-0.2, 0) is 11.8 Å². The highest BCUT2D eigenvalue weighted by atomic mass is 32.2. The van der Waals surface area contributed by atoms with Crippen LogP contribution in [0.25, 0.3) is 0 Å². The van der Waals surface area contributed by atoms with Gasteiger partial charge in [0, 0.05) is 18.8 Å². The first-order valence-electron chi connectivity index (χ1n) is 9.53. The molecule has 2 aromatic carbocycles. The second-order valence-electron chi connectivity index (χ2n) is 6.67. The Labute approximate surface area is 178 Å². The Bertz CT molecular complexity index is 1030. The smallest absolute Gasteiger partial charge is 0.234 e. The number of hydrogen-bond acceptors (Lipinski definition) is 7. The standard InChI is InChI=1S/C21H22N4O4S/c1-14(29-16-6-4-3-5-7-16)20-23-24-21(25(20)2)30-13-19(26)22-15-8-9-17-18(12-15)28-11-10-27-17/h3-9,12,14H,10-11,13H2,1-2H3,(H,22,26). The predicted octanol–water partition coefficient (Wildman–Crippen LogP) is 3.46. The molecule has 0 bridgehead atoms. The highest BCUT2D eigenvalue weighted by molar-refractivity contribution is 7.99. The fourth-order valence-corrected chi connectivity index (χ4v) is 3.73. The summed E-state index contributed by atoms with van der Waals surface area (Å²) in [6.07, 6.45) is -0.272. The monoisotopic (exact) mass is 426 g/mol. The van der Waals surface area contributed by atoms with Gasteiger partial charge in [-0.25, -0.2) is 0 Å². The van der Waals surface area contributed by atoms with Crippen LogP contribution in [0, 0.1) is 0 Å². The molecule has 2 heterocycles. The Balaban J connectivity index is 1.33. The van der Waals surface area contributed by atoms with E-state index in [2.05, 4.69) is 15.5 Å². The van der Waals surface area contributed by atoms with Crippen LogP contribution in [0.5, 0.6) is 17.2 Å². The Morgan fingerprint density at radius 3 is 2.73 bits per heavy atom. The fraction of sp³-hybridized carbons (Fsp3) is 0.286. The molecular formula is C21H22N4O4S. The molecule has 0 radical (unpaired) electrons. The molecule has 3 aromatic rings. The van der Waals surface area contributed by atoms with Crippen LogP contribution in [0.4, 0.5) is 5.69 Å². The molecule has 8 nitrogen and oxygen atoms in total. The third-order valence-corrected chi connectivity index (χ3v) is 5.47. The van der Waals surface area contributed by atoms with Gasteiger partial charge < -0.3 is 24.1 Å². The van der Waals surface area contributed by atoms with Gasteiger partial charge in [0.2, 0.25) is 5.91 Å². The van der Waals surface area contributed by atoms with Crippen LogP contribution in [0.15, 0.2) is 53.7 Å². The zero-order chi connectivity index (χ0) is 20.9. The van der Waals surface area contributed by atoms with Crippen LogP contribution in [0.3, 0.4) is 0 Å². The summed E-state index contributed by atoms with van der Waals surface area (Å²) in [7, 11) is 1.86. The van der Waals surface area contributed by atoms with Gasteiger partial charge in [-0.1, -0.05) is 30.0 Å². The first-order chi connectivity index (χ1) is 14.6. The number of carbonyl (C=O) groups excluding carboxylic acids is 1. The van der Waals surface area contributed by atoms with E-state index >= 15 is 0 Å². The zero-order valence-corrected chi connectivity index (χ0v) is 17.5. The molecule has 1 aromatic heterocycles. The van der Waals surface area contributed by atoms with Gasteiger partial charge in [0.25, 0.3) is 0 Å². The molecule has 1 N–H and O–H groups in total. The molecule has 1 atom stereocenters. The van der Waals surface area contributed by atoms with Crippen molar-refractivity contribution in [2.24, 2.45) is 7.05 Å². The average Bonchev–Trinajstić information content (AvgIpc) is 3.13. The lowest BCUT2D eigenvalue weighted by atomic mass is 10.2. The fourth-order valence-electron chi connectivity index (χ4n) is 3.01. The maximum absolute atomic E-state index is 12.4. The number of ether oxygens (including phenoxy) is 3. The van der Waals surface area contributed by atoms with E-state index in [1.807, 2.05) is 48.9 Å². The number of fused-ring (bicyclic) bond motifs is 1. The van der Waals surface area contributed by atoms with Gasteiger partial charge in [0.15, 0.2) is 28.6 Å². The number of carbonyl (C=O) groups is 1. The number of nitrogens with zero attached hydrogens (tertiary/aromatic N) is 3. The number of benzene rings is 2. The molecular weight excluding hydrogens is 404 g/mol. The number of anilines is 1. The van der Waals surface area contributed by atoms with E-state index < -0.39 is 0 Å². The van der Waals surface area contributed by atoms with Crippen molar-refractivity contribution in [1.29, 1.82) is 0 Å². The highest BCUT2D eigenvalue weighted by Gasteiger charge is 2.18. The van der Waals surface area contributed by atoms with Gasteiger partial charge in [0.1, 0.15) is 19.0 Å². The lowest BCUT2D eigenvalue weighted by Gasteiger charge is -2.19. The summed E-state index contributed by atoms with van der Waals surface area (Å²) < 4.78 is 18.8. The largest absolute Gasteiger partial charge is 0.486 e. The van der Waals surface area contributed by atoms with Crippen molar-refractivity contribution in [2.45, 2.75) is 18.2 Å². The van der Waals surface area contributed by atoms with Gasteiger partial charge in [-0.2, -0.15) is 0 Å². The number of hydrogen-bond donors (Lipinski definition) is 1. The molecule has 1 amide bonds. The summed E-state index contributed by atoms with van der Waals surface area (Å²) in [6.45, 7) is 2.95. The van der Waals surface area contributed by atoms with Crippen LogP contribution in [0.1, 0.15) is 18.9 Å². The quantitative estimate of drug-likeness (QED) is 0.579. The summed E-state index contributed by atoms with van der Waals surface area (Å²) in [5, 5.41) is 11.9. The molecule has 4 rings (SSSR count). The van der Waals surface area contributed by atoms with E-state index in [4.69, 9.17) is 14.2 Å². The first-order valence-corrected chi connectivity index (χ1v) is 10.5. The van der Waals surface area contributed by atoms with E-state index in [-0.39, 0.29) is 17.8 Å². The number of amides is 1. The van der Waals surface area contributed by atoms with Gasteiger partial charge in [-0.05, 0) is 31.2 Å². The van der Waals surface area contributed by atoms with E-state index in [9.17, 15) is 4.79 Å². The summed E-state index contributed by atoms with van der Waals surface area (Å²) in [6, 6.07) is 14.9. The highest BCUT2D eigenvalue weighted by Crippen LogP contribution is 2.32.